The molecule has 2 rings (SSSR count). The van der Waals surface area contributed by atoms with Gasteiger partial charge >= 0.3 is 5.97 Å². The maximum Gasteiger partial charge on any atom is 0.311 e. The molecule has 4 N–H and O–H groups in total. The Balaban J connectivity index is 2.21. The number of carboxylic acid groups (broad SMARTS) is 1. The van der Waals surface area contributed by atoms with Gasteiger partial charge in [0.25, 0.3) is 5.91 Å². The smallest absolute Gasteiger partial charge is 0.311 e. The van der Waals surface area contributed by atoms with Gasteiger partial charge in [0.05, 0.1) is 5.41 Å². The van der Waals surface area contributed by atoms with Gasteiger partial charge < -0.3 is 16.2 Å². The molecule has 1 aromatic carbocycles. The molecule has 1 saturated carbocycles. The first-order chi connectivity index (χ1) is 9.86. The molecule has 0 radical (unpaired) electrons. The summed E-state index contributed by atoms with van der Waals surface area (Å²) >= 11 is 0. The largest absolute Gasteiger partial charge is 0.481 e. The van der Waals surface area contributed by atoms with Crippen LogP contribution in [0.3, 0.4) is 0 Å². The molecule has 2 unspecified atom stereocenters. The summed E-state index contributed by atoms with van der Waals surface area (Å²) in [4.78, 5) is 24.0. The molecule has 21 heavy (non-hydrogen) atoms. The van der Waals surface area contributed by atoms with Gasteiger partial charge in [0.1, 0.15) is 0 Å². The molecule has 1 fully saturated rings. The Kier molecular flexibility index (Phi) is 4.21. The normalized spacial score (nSPS) is 25.3. The summed E-state index contributed by atoms with van der Waals surface area (Å²) in [5.41, 5.74) is 6.71. The number of nitrogens with two attached hydrogens (primary N) is 1. The number of anilines is 1. The zero-order valence-electron chi connectivity index (χ0n) is 12.5. The highest BCUT2D eigenvalue weighted by molar-refractivity contribution is 5.97. The average Bonchev–Trinajstić information content (AvgIpc) is 2.44. The van der Waals surface area contributed by atoms with Gasteiger partial charge in [0, 0.05) is 17.3 Å². The highest BCUT2D eigenvalue weighted by Gasteiger charge is 2.43. The maximum absolute atomic E-state index is 12.4. The van der Waals surface area contributed by atoms with E-state index >= 15 is 0 Å². The Labute approximate surface area is 124 Å². The van der Waals surface area contributed by atoms with Crippen molar-refractivity contribution >= 4 is 17.6 Å². The molecule has 0 saturated heterocycles. The van der Waals surface area contributed by atoms with E-state index in [9.17, 15) is 14.7 Å². The van der Waals surface area contributed by atoms with E-state index in [1.807, 2.05) is 0 Å². The number of hydrogen-bond donors (Lipinski definition) is 3. The number of rotatable bonds is 3. The average molecular weight is 290 g/mol. The van der Waals surface area contributed by atoms with Gasteiger partial charge in [0.15, 0.2) is 0 Å². The van der Waals surface area contributed by atoms with E-state index in [1.54, 1.807) is 32.0 Å². The lowest BCUT2D eigenvalue weighted by Gasteiger charge is -2.38. The summed E-state index contributed by atoms with van der Waals surface area (Å²) in [6.07, 6.45) is 3.09. The van der Waals surface area contributed by atoms with E-state index in [0.717, 1.165) is 18.4 Å². The highest BCUT2D eigenvalue weighted by atomic mass is 16.4. The number of carboxylic acids is 1. The zero-order chi connectivity index (χ0) is 15.6. The second-order valence-electron chi connectivity index (χ2n) is 6.01. The van der Waals surface area contributed by atoms with Crippen molar-refractivity contribution in [1.82, 2.24) is 5.32 Å². The second kappa shape index (κ2) is 5.76. The highest BCUT2D eigenvalue weighted by Crippen LogP contribution is 2.36. The molecule has 2 atom stereocenters. The Morgan fingerprint density at radius 1 is 1.38 bits per heavy atom. The van der Waals surface area contributed by atoms with Crippen molar-refractivity contribution in [3.63, 3.8) is 0 Å². The van der Waals surface area contributed by atoms with Gasteiger partial charge in [-0.25, -0.2) is 0 Å². The molecule has 1 aromatic rings. The van der Waals surface area contributed by atoms with Crippen LogP contribution in [0.1, 0.15) is 48.5 Å². The van der Waals surface area contributed by atoms with Crippen LogP contribution in [0.5, 0.6) is 0 Å². The van der Waals surface area contributed by atoms with Gasteiger partial charge in [-0.1, -0.05) is 18.9 Å². The van der Waals surface area contributed by atoms with Crippen molar-refractivity contribution in [1.29, 1.82) is 0 Å². The zero-order valence-corrected chi connectivity index (χ0v) is 12.5. The number of nitrogen functional groups attached to an aromatic ring is 1. The number of hydrogen-bond acceptors (Lipinski definition) is 3. The van der Waals surface area contributed by atoms with E-state index in [4.69, 9.17) is 5.73 Å². The van der Waals surface area contributed by atoms with E-state index in [-0.39, 0.29) is 11.9 Å². The van der Waals surface area contributed by atoms with Crippen LogP contribution in [0, 0.1) is 12.3 Å². The van der Waals surface area contributed by atoms with Crippen molar-refractivity contribution in [2.45, 2.75) is 45.6 Å². The molecule has 0 aliphatic heterocycles. The Bertz CT molecular complexity index is 571. The number of nitrogens with one attached hydrogen (secondary N) is 1. The predicted molar refractivity (Wildman–Crippen MR) is 81.1 cm³/mol. The van der Waals surface area contributed by atoms with Gasteiger partial charge in [-0.15, -0.1) is 0 Å². The summed E-state index contributed by atoms with van der Waals surface area (Å²) in [6, 6.07) is 4.84. The van der Waals surface area contributed by atoms with Crippen molar-refractivity contribution in [3.8, 4) is 0 Å². The number of benzene rings is 1. The Morgan fingerprint density at radius 3 is 2.76 bits per heavy atom. The van der Waals surface area contributed by atoms with Crippen LogP contribution in [0.25, 0.3) is 0 Å². The van der Waals surface area contributed by atoms with E-state index in [0.29, 0.717) is 24.1 Å². The Hall–Kier alpha value is -2.04. The van der Waals surface area contributed by atoms with Crippen LogP contribution >= 0.6 is 0 Å². The van der Waals surface area contributed by atoms with Crippen LogP contribution in [0.2, 0.25) is 0 Å². The summed E-state index contributed by atoms with van der Waals surface area (Å²) in [7, 11) is 0. The van der Waals surface area contributed by atoms with Crippen molar-refractivity contribution in [3.05, 3.63) is 29.3 Å². The van der Waals surface area contributed by atoms with Gasteiger partial charge in [-0.3, -0.25) is 9.59 Å². The minimum absolute atomic E-state index is 0.251. The number of carbonyl (C=O) groups is 2. The minimum Gasteiger partial charge on any atom is -0.481 e. The minimum atomic E-state index is -0.901. The molecular formula is C16H22N2O3. The maximum atomic E-state index is 12.4. The Morgan fingerprint density at radius 2 is 2.10 bits per heavy atom. The van der Waals surface area contributed by atoms with Crippen LogP contribution in [-0.2, 0) is 4.79 Å². The number of amides is 1. The second-order valence-corrected chi connectivity index (χ2v) is 6.01. The molecule has 1 amide bonds. The van der Waals surface area contributed by atoms with Gasteiger partial charge in [-0.05, 0) is 44.4 Å². The fourth-order valence-corrected chi connectivity index (χ4v) is 2.96. The molecular weight excluding hydrogens is 268 g/mol. The van der Waals surface area contributed by atoms with Gasteiger partial charge in [0.2, 0.25) is 0 Å². The van der Waals surface area contributed by atoms with E-state index in [1.165, 1.54) is 0 Å². The summed E-state index contributed by atoms with van der Waals surface area (Å²) in [5.74, 6) is -1.10. The lowest BCUT2D eigenvalue weighted by molar-refractivity contribution is -0.151. The monoisotopic (exact) mass is 290 g/mol. The van der Waals surface area contributed by atoms with E-state index < -0.39 is 11.4 Å². The van der Waals surface area contributed by atoms with Crippen molar-refractivity contribution < 1.29 is 14.7 Å². The third-order valence-corrected chi connectivity index (χ3v) is 4.62. The predicted octanol–water partition coefficient (Wildman–Crippen LogP) is 2.34. The van der Waals surface area contributed by atoms with Crippen molar-refractivity contribution in [2.24, 2.45) is 5.41 Å². The molecule has 5 nitrogen and oxygen atoms in total. The molecule has 0 spiro atoms. The molecule has 1 aliphatic carbocycles. The summed E-state index contributed by atoms with van der Waals surface area (Å²) in [5, 5.41) is 12.4. The first-order valence-corrected chi connectivity index (χ1v) is 7.25. The third-order valence-electron chi connectivity index (χ3n) is 4.62. The standard InChI is InChI=1S/C16H22N2O3/c1-10-11(6-5-7-12(10)17)14(19)18-13-8-3-4-9-16(13,2)15(20)21/h5-7,13H,3-4,8-9,17H2,1-2H3,(H,18,19)(H,20,21). The van der Waals surface area contributed by atoms with Crippen molar-refractivity contribution in [2.75, 3.05) is 5.73 Å². The molecule has 0 heterocycles. The summed E-state index contributed by atoms with van der Waals surface area (Å²) < 4.78 is 0. The molecule has 0 bridgehead atoms. The fourth-order valence-electron chi connectivity index (χ4n) is 2.96. The number of aliphatic carboxylic acids is 1. The molecule has 1 aliphatic rings. The van der Waals surface area contributed by atoms with Crippen LogP contribution in [-0.4, -0.2) is 23.0 Å². The number of carbonyl (C=O) groups excluding carboxylic acids is 1. The fraction of sp³-hybridized carbons (Fsp3) is 0.500. The lowest BCUT2D eigenvalue weighted by atomic mass is 9.71. The SMILES string of the molecule is Cc1c(N)cccc1C(=O)NC1CCCCC1(C)C(=O)O. The van der Waals surface area contributed by atoms with E-state index in [2.05, 4.69) is 5.32 Å². The first kappa shape index (κ1) is 15.4. The summed E-state index contributed by atoms with van der Waals surface area (Å²) in [6.45, 7) is 3.51. The molecule has 114 valence electrons. The topological polar surface area (TPSA) is 92.4 Å². The first-order valence-electron chi connectivity index (χ1n) is 7.25. The van der Waals surface area contributed by atoms with Gasteiger partial charge in [-0.2, -0.15) is 0 Å². The van der Waals surface area contributed by atoms with Crippen LogP contribution in [0.4, 0.5) is 5.69 Å². The third kappa shape index (κ3) is 2.86. The quantitative estimate of drug-likeness (QED) is 0.745. The lowest BCUT2D eigenvalue weighted by Crippen LogP contribution is -2.52. The van der Waals surface area contributed by atoms with Crippen LogP contribution in [0.15, 0.2) is 18.2 Å². The molecule has 0 aromatic heterocycles. The van der Waals surface area contributed by atoms with Crippen LogP contribution < -0.4 is 11.1 Å². The molecule has 5 heteroatoms.